The largest absolute Gasteiger partial charge is 0.468 e. The van der Waals surface area contributed by atoms with Gasteiger partial charge in [0.2, 0.25) is 17.7 Å². The van der Waals surface area contributed by atoms with Crippen LogP contribution in [-0.2, 0) is 29.1 Å². The number of hydrogen-bond acceptors (Lipinski definition) is 9. The summed E-state index contributed by atoms with van der Waals surface area (Å²) >= 11 is 0. The molecule has 4 aromatic heterocycles. The normalized spacial score (nSPS) is 12.9. The Bertz CT molecular complexity index is 1850. The molecule has 16 heteroatoms. The predicted molar refractivity (Wildman–Crippen MR) is 162 cm³/mol. The number of likely N-dealkylation sites (N-methyl/N-ethyl adjacent to an activating group) is 1. The lowest BCUT2D eigenvalue weighted by atomic mass is 10.1. The Morgan fingerprint density at radius 1 is 0.894 bits per heavy atom. The van der Waals surface area contributed by atoms with Gasteiger partial charge in [0, 0.05) is 65.9 Å². The van der Waals surface area contributed by atoms with Gasteiger partial charge in [-0.15, -0.1) is 0 Å². The summed E-state index contributed by atoms with van der Waals surface area (Å²) < 4.78 is 44.1. The molecule has 0 bridgehead atoms. The van der Waals surface area contributed by atoms with Crippen molar-refractivity contribution in [1.82, 2.24) is 40.2 Å². The lowest BCUT2D eigenvalue weighted by Crippen LogP contribution is -2.37. The van der Waals surface area contributed by atoms with Crippen molar-refractivity contribution in [2.45, 2.75) is 51.4 Å². The van der Waals surface area contributed by atoms with Crippen LogP contribution in [0.2, 0.25) is 0 Å². The van der Waals surface area contributed by atoms with Gasteiger partial charge in [-0.1, -0.05) is 0 Å². The summed E-state index contributed by atoms with van der Waals surface area (Å²) in [6, 6.07) is 10.8. The highest BCUT2D eigenvalue weighted by Crippen LogP contribution is 2.39. The van der Waals surface area contributed by atoms with Crippen LogP contribution in [0.5, 0.6) is 5.88 Å². The fourth-order valence-electron chi connectivity index (χ4n) is 4.61. The van der Waals surface area contributed by atoms with Gasteiger partial charge in [0.05, 0.1) is 11.4 Å². The van der Waals surface area contributed by atoms with Crippen molar-refractivity contribution in [2.24, 2.45) is 0 Å². The predicted octanol–water partition coefficient (Wildman–Crippen LogP) is 2.24. The smallest absolute Gasteiger partial charge is 0.422 e. The molecule has 0 saturated heterocycles. The summed E-state index contributed by atoms with van der Waals surface area (Å²) in [6.07, 6.45) is 0.679. The molecule has 0 aliphatic heterocycles. The van der Waals surface area contributed by atoms with E-state index < -0.39 is 35.7 Å². The second-order valence-electron chi connectivity index (χ2n) is 10.8. The Morgan fingerprint density at radius 3 is 2.23 bits per heavy atom. The number of halogens is 3. The molecule has 1 aliphatic carbocycles. The van der Waals surface area contributed by atoms with Crippen molar-refractivity contribution in [3.05, 3.63) is 86.8 Å². The summed E-state index contributed by atoms with van der Waals surface area (Å²) in [5.41, 5.74) is 1.94. The SMILES string of the molecule is CCNC(=O)Cn1nc(-c2ccc(OCC(F)(F)F)nc2)cc(CCNC(=O)Cn2nc(-c3ccc(C4CC4)nc3)ccc2=O)c1=O. The number of nitrogens with zero attached hydrogens (tertiary/aromatic N) is 6. The maximum atomic E-state index is 13.2. The van der Waals surface area contributed by atoms with Crippen LogP contribution in [0, 0.1) is 0 Å². The van der Waals surface area contributed by atoms with Gasteiger partial charge in [0.15, 0.2) is 6.61 Å². The van der Waals surface area contributed by atoms with Gasteiger partial charge in [0.25, 0.3) is 11.1 Å². The molecule has 1 aliphatic rings. The van der Waals surface area contributed by atoms with Crippen LogP contribution in [0.15, 0.2) is 64.4 Å². The summed E-state index contributed by atoms with van der Waals surface area (Å²) in [5.74, 6) is -0.737. The van der Waals surface area contributed by atoms with Gasteiger partial charge in [0.1, 0.15) is 13.1 Å². The Morgan fingerprint density at radius 2 is 1.57 bits per heavy atom. The maximum Gasteiger partial charge on any atom is 0.422 e. The van der Waals surface area contributed by atoms with Gasteiger partial charge in [-0.05, 0) is 56.5 Å². The summed E-state index contributed by atoms with van der Waals surface area (Å²) in [4.78, 5) is 59.0. The van der Waals surface area contributed by atoms with Crippen LogP contribution in [0.1, 0.15) is 36.9 Å². The Hall–Kier alpha value is -5.41. The van der Waals surface area contributed by atoms with Crippen LogP contribution in [0.4, 0.5) is 13.2 Å². The monoisotopic (exact) mass is 652 g/mol. The van der Waals surface area contributed by atoms with Crippen LogP contribution < -0.4 is 26.5 Å². The third-order valence-electron chi connectivity index (χ3n) is 7.09. The first-order valence-corrected chi connectivity index (χ1v) is 14.8. The number of carbonyl (C=O) groups excluding carboxylic acids is 2. The fraction of sp³-hybridized carbons (Fsp3) is 0.355. The molecule has 1 fully saturated rings. The van der Waals surface area contributed by atoms with Crippen LogP contribution in [0.25, 0.3) is 22.5 Å². The summed E-state index contributed by atoms with van der Waals surface area (Å²) in [6.45, 7) is -0.202. The number of ether oxygens (including phenoxy) is 1. The highest BCUT2D eigenvalue weighted by atomic mass is 19.4. The second-order valence-corrected chi connectivity index (χ2v) is 10.8. The number of amides is 2. The highest BCUT2D eigenvalue weighted by molar-refractivity contribution is 5.76. The van der Waals surface area contributed by atoms with Gasteiger partial charge in [-0.2, -0.15) is 23.4 Å². The molecule has 47 heavy (non-hydrogen) atoms. The number of nitrogens with one attached hydrogen (secondary N) is 2. The number of hydrogen-bond donors (Lipinski definition) is 2. The van der Waals surface area contributed by atoms with E-state index in [-0.39, 0.29) is 43.2 Å². The summed E-state index contributed by atoms with van der Waals surface area (Å²) in [7, 11) is 0. The van der Waals surface area contributed by atoms with Gasteiger partial charge in [-0.3, -0.25) is 24.2 Å². The lowest BCUT2D eigenvalue weighted by Gasteiger charge is -2.12. The highest BCUT2D eigenvalue weighted by Gasteiger charge is 2.28. The van der Waals surface area contributed by atoms with Crippen LogP contribution in [0.3, 0.4) is 0 Å². The zero-order chi connectivity index (χ0) is 33.6. The molecular formula is C31H31F3N8O5. The topological polar surface area (TPSA) is 163 Å². The molecule has 4 aromatic rings. The van der Waals surface area contributed by atoms with E-state index >= 15 is 0 Å². The van der Waals surface area contributed by atoms with E-state index in [4.69, 9.17) is 0 Å². The molecule has 0 unspecified atom stereocenters. The molecule has 2 N–H and O–H groups in total. The average molecular weight is 653 g/mol. The number of aromatic nitrogens is 6. The standard InChI is InChI=1S/C31H31F3N8O5/c1-2-35-26(43)17-42-30(46)20(13-25(40-42)22-6-9-28(38-15-22)47-18-31(32,33)34)11-12-36-27(44)16-41-29(45)10-8-24(39-41)21-5-7-23(37-14-21)19-3-4-19/h5-10,13-15,19H,2-4,11-12,16-18H2,1H3,(H,35,43)(H,36,44). The van der Waals surface area contributed by atoms with E-state index in [1.807, 2.05) is 12.1 Å². The van der Waals surface area contributed by atoms with E-state index in [0.29, 0.717) is 29.3 Å². The van der Waals surface area contributed by atoms with E-state index in [9.17, 15) is 32.3 Å². The van der Waals surface area contributed by atoms with E-state index in [1.54, 1.807) is 19.2 Å². The van der Waals surface area contributed by atoms with Crippen molar-refractivity contribution >= 4 is 11.8 Å². The van der Waals surface area contributed by atoms with Crippen molar-refractivity contribution in [3.8, 4) is 28.4 Å². The van der Waals surface area contributed by atoms with Crippen molar-refractivity contribution in [1.29, 1.82) is 0 Å². The van der Waals surface area contributed by atoms with E-state index in [2.05, 4.69) is 35.5 Å². The molecule has 0 radical (unpaired) electrons. The molecule has 4 heterocycles. The molecular weight excluding hydrogens is 621 g/mol. The Labute approximate surface area is 265 Å². The molecule has 13 nitrogen and oxygen atoms in total. The Kier molecular flexibility index (Phi) is 10.1. The third kappa shape index (κ3) is 9.08. The Balaban J connectivity index is 1.27. The van der Waals surface area contributed by atoms with Crippen molar-refractivity contribution in [2.75, 3.05) is 19.7 Å². The lowest BCUT2D eigenvalue weighted by molar-refractivity contribution is -0.154. The molecule has 1 saturated carbocycles. The number of carbonyl (C=O) groups is 2. The van der Waals surface area contributed by atoms with Crippen molar-refractivity contribution in [3.63, 3.8) is 0 Å². The quantitative estimate of drug-likeness (QED) is 0.221. The molecule has 2 amide bonds. The zero-order valence-electron chi connectivity index (χ0n) is 25.3. The molecule has 5 rings (SSSR count). The molecule has 246 valence electrons. The zero-order valence-corrected chi connectivity index (χ0v) is 25.3. The molecule has 0 atom stereocenters. The van der Waals surface area contributed by atoms with Crippen LogP contribution in [-0.4, -0.2) is 67.2 Å². The van der Waals surface area contributed by atoms with Gasteiger partial charge < -0.3 is 15.4 Å². The second kappa shape index (κ2) is 14.3. The number of rotatable bonds is 13. The van der Waals surface area contributed by atoms with Gasteiger partial charge in [-0.25, -0.2) is 14.3 Å². The third-order valence-corrected chi connectivity index (χ3v) is 7.09. The molecule has 0 spiro atoms. The number of pyridine rings is 2. The first-order chi connectivity index (χ1) is 22.5. The maximum absolute atomic E-state index is 13.2. The number of alkyl halides is 3. The average Bonchev–Trinajstić information content (AvgIpc) is 3.89. The van der Waals surface area contributed by atoms with Gasteiger partial charge >= 0.3 is 6.18 Å². The summed E-state index contributed by atoms with van der Waals surface area (Å²) in [5, 5.41) is 13.8. The van der Waals surface area contributed by atoms with E-state index in [0.717, 1.165) is 27.9 Å². The fourth-order valence-corrected chi connectivity index (χ4v) is 4.61. The van der Waals surface area contributed by atoms with E-state index in [1.165, 1.54) is 30.5 Å². The first kappa shape index (κ1) is 33.0. The minimum atomic E-state index is -4.53. The minimum Gasteiger partial charge on any atom is -0.468 e. The van der Waals surface area contributed by atoms with Crippen molar-refractivity contribution < 1.29 is 27.5 Å². The first-order valence-electron chi connectivity index (χ1n) is 14.8. The molecule has 0 aromatic carbocycles. The van der Waals surface area contributed by atoms with Crippen LogP contribution >= 0.6 is 0 Å². The minimum absolute atomic E-state index is 0.00213.